The van der Waals surface area contributed by atoms with Crippen LogP contribution in [0.15, 0.2) is 12.2 Å². The van der Waals surface area contributed by atoms with Crippen LogP contribution in [0.2, 0.25) is 0 Å². The third kappa shape index (κ3) is 0.572. The summed E-state index contributed by atoms with van der Waals surface area (Å²) in [6, 6.07) is 0. The summed E-state index contributed by atoms with van der Waals surface area (Å²) in [6.45, 7) is 0. The molecule has 0 unspecified atom stereocenters. The molecule has 2 bridgehead atoms. The van der Waals surface area contributed by atoms with Gasteiger partial charge in [-0.15, -0.1) is 0 Å². The fraction of sp³-hybridized carbons (Fsp3) is 0.714. The second-order valence-electron chi connectivity index (χ2n) is 2.82. The lowest BCUT2D eigenvalue weighted by molar-refractivity contribution is 0.233. The number of rotatable bonds is 0. The number of fused-ring (bicyclic) bond motifs is 1. The zero-order valence-corrected chi connectivity index (χ0v) is 6.26. The maximum Gasteiger partial charge on any atom is 0.0354 e. The fourth-order valence-electron chi connectivity index (χ4n) is 1.55. The molecule has 1 saturated carbocycles. The number of allylic oxidation sites excluding steroid dienone is 2. The molecular weight excluding hydrogens is 164 g/mol. The van der Waals surface area contributed by atoms with Crippen LogP contribution in [0, 0.1) is 11.8 Å². The summed E-state index contributed by atoms with van der Waals surface area (Å²) in [5.74, 6) is 1.93. The predicted octanol–water partition coefficient (Wildman–Crippen LogP) is 2.35. The van der Waals surface area contributed by atoms with Gasteiger partial charge in [0.1, 0.15) is 0 Å². The number of hydrogen-bond donors (Lipinski definition) is 0. The lowest BCUT2D eigenvalue weighted by atomic mass is 9.69. The van der Waals surface area contributed by atoms with Crippen LogP contribution in [0.4, 0.5) is 0 Å². The van der Waals surface area contributed by atoms with Crippen LogP contribution in [-0.2, 0) is 0 Å². The largest absolute Gasteiger partial charge is 0.0843 e. The van der Waals surface area contributed by atoms with Crippen molar-refractivity contribution in [2.24, 2.45) is 11.8 Å². The molecule has 3 aliphatic carbocycles. The molecule has 0 heterocycles. The van der Waals surface area contributed by atoms with Crippen molar-refractivity contribution in [2.75, 3.05) is 0 Å². The second-order valence-corrected chi connectivity index (χ2v) is 3.88. The van der Waals surface area contributed by atoms with Gasteiger partial charge in [-0.3, -0.25) is 0 Å². The topological polar surface area (TPSA) is 0 Å². The summed E-state index contributed by atoms with van der Waals surface area (Å²) in [5, 5.41) is 0. The average Bonchev–Trinajstić information content (AvgIpc) is 1.62. The van der Waals surface area contributed by atoms with Crippen molar-refractivity contribution in [3.63, 3.8) is 0 Å². The van der Waals surface area contributed by atoms with Crippen molar-refractivity contribution in [2.45, 2.75) is 17.7 Å². The van der Waals surface area contributed by atoms with Crippen molar-refractivity contribution in [3.8, 4) is 0 Å². The normalized spacial score (nSPS) is 50.9. The van der Waals surface area contributed by atoms with Gasteiger partial charge in [-0.2, -0.15) is 0 Å². The summed E-state index contributed by atoms with van der Waals surface area (Å²) in [4.78, 5) is 0.701. The van der Waals surface area contributed by atoms with E-state index in [9.17, 15) is 0 Å². The number of hydrogen-bond acceptors (Lipinski definition) is 0. The highest BCUT2D eigenvalue weighted by molar-refractivity contribution is 9.09. The summed E-state index contributed by atoms with van der Waals surface area (Å²) >= 11 is 3.60. The van der Waals surface area contributed by atoms with E-state index in [4.69, 9.17) is 0 Å². The first-order chi connectivity index (χ1) is 3.86. The van der Waals surface area contributed by atoms with Gasteiger partial charge in [-0.1, -0.05) is 28.1 Å². The minimum Gasteiger partial charge on any atom is -0.0843 e. The van der Waals surface area contributed by atoms with Crippen LogP contribution >= 0.6 is 15.9 Å². The highest BCUT2D eigenvalue weighted by Crippen LogP contribution is 2.44. The van der Waals surface area contributed by atoms with Gasteiger partial charge < -0.3 is 0 Å². The Kier molecular flexibility index (Phi) is 1.01. The maximum absolute atomic E-state index is 3.60. The van der Waals surface area contributed by atoms with Gasteiger partial charge in [0.05, 0.1) is 0 Å². The monoisotopic (exact) mass is 172 g/mol. The van der Waals surface area contributed by atoms with Gasteiger partial charge in [0, 0.05) is 4.83 Å². The Hall–Kier alpha value is 0.220. The molecule has 0 nitrogen and oxygen atoms in total. The van der Waals surface area contributed by atoms with Crippen LogP contribution in [0.1, 0.15) is 12.8 Å². The minimum absolute atomic E-state index is 0.701. The molecule has 0 N–H and O–H groups in total. The Balaban J connectivity index is 2.19. The molecule has 0 saturated heterocycles. The van der Waals surface area contributed by atoms with Crippen LogP contribution < -0.4 is 0 Å². The summed E-state index contributed by atoms with van der Waals surface area (Å²) in [7, 11) is 0. The molecule has 0 radical (unpaired) electrons. The van der Waals surface area contributed by atoms with E-state index in [1.807, 2.05) is 0 Å². The van der Waals surface area contributed by atoms with Gasteiger partial charge in [0.2, 0.25) is 0 Å². The first-order valence-corrected chi connectivity index (χ1v) is 4.10. The van der Waals surface area contributed by atoms with Gasteiger partial charge >= 0.3 is 0 Å². The Morgan fingerprint density at radius 1 is 1.25 bits per heavy atom. The zero-order chi connectivity index (χ0) is 5.56. The van der Waals surface area contributed by atoms with E-state index in [1.54, 1.807) is 0 Å². The Morgan fingerprint density at radius 2 is 2.00 bits per heavy atom. The zero-order valence-electron chi connectivity index (χ0n) is 4.68. The second kappa shape index (κ2) is 1.60. The average molecular weight is 173 g/mol. The van der Waals surface area contributed by atoms with E-state index < -0.39 is 0 Å². The molecule has 0 spiro atoms. The first-order valence-electron chi connectivity index (χ1n) is 3.18. The molecule has 44 valence electrons. The first kappa shape index (κ1) is 5.04. The van der Waals surface area contributed by atoms with E-state index in [1.165, 1.54) is 12.8 Å². The lowest BCUT2D eigenvalue weighted by Crippen LogP contribution is -2.32. The Morgan fingerprint density at radius 3 is 2.25 bits per heavy atom. The molecule has 0 aliphatic heterocycles. The molecule has 1 fully saturated rings. The molecular formula is C7H9Br. The molecule has 0 aromatic heterocycles. The van der Waals surface area contributed by atoms with E-state index in [2.05, 4.69) is 28.1 Å². The van der Waals surface area contributed by atoms with Crippen molar-refractivity contribution in [1.82, 2.24) is 0 Å². The van der Waals surface area contributed by atoms with E-state index >= 15 is 0 Å². The fourth-order valence-corrected chi connectivity index (χ4v) is 2.15. The quantitative estimate of drug-likeness (QED) is 0.389. The number of halogens is 1. The molecule has 1 heteroatoms. The highest BCUT2D eigenvalue weighted by atomic mass is 79.9. The molecule has 1 atom stereocenters. The van der Waals surface area contributed by atoms with Crippen molar-refractivity contribution in [3.05, 3.63) is 12.2 Å². The summed E-state index contributed by atoms with van der Waals surface area (Å²) in [5.41, 5.74) is 0. The molecule has 8 heavy (non-hydrogen) atoms. The molecule has 0 aromatic carbocycles. The van der Waals surface area contributed by atoms with Gasteiger partial charge in [-0.05, 0) is 24.7 Å². The van der Waals surface area contributed by atoms with Gasteiger partial charge in [0.15, 0.2) is 0 Å². The third-order valence-electron chi connectivity index (χ3n) is 2.23. The summed E-state index contributed by atoms with van der Waals surface area (Å²) < 4.78 is 0. The van der Waals surface area contributed by atoms with Crippen LogP contribution in [0.3, 0.4) is 0 Å². The SMILES string of the molecule is Br[C@H]1C=CC2CC1C2. The van der Waals surface area contributed by atoms with Crippen molar-refractivity contribution in [1.29, 1.82) is 0 Å². The smallest absolute Gasteiger partial charge is 0.0354 e. The Labute approximate surface area is 58.1 Å². The van der Waals surface area contributed by atoms with E-state index in [0.29, 0.717) is 4.83 Å². The molecule has 3 rings (SSSR count). The van der Waals surface area contributed by atoms with Gasteiger partial charge in [0.25, 0.3) is 0 Å². The van der Waals surface area contributed by atoms with Crippen LogP contribution in [0.25, 0.3) is 0 Å². The van der Waals surface area contributed by atoms with Crippen LogP contribution in [-0.4, -0.2) is 4.83 Å². The van der Waals surface area contributed by atoms with Crippen molar-refractivity contribution >= 4 is 15.9 Å². The van der Waals surface area contributed by atoms with Crippen LogP contribution in [0.5, 0.6) is 0 Å². The molecule has 0 aromatic rings. The summed E-state index contributed by atoms with van der Waals surface area (Å²) in [6.07, 6.45) is 7.51. The van der Waals surface area contributed by atoms with Gasteiger partial charge in [-0.25, -0.2) is 0 Å². The highest BCUT2D eigenvalue weighted by Gasteiger charge is 2.34. The lowest BCUT2D eigenvalue weighted by Gasteiger charge is -2.39. The Bertz CT molecular complexity index is 122. The van der Waals surface area contributed by atoms with E-state index in [0.717, 1.165) is 11.8 Å². The molecule has 0 amide bonds. The maximum atomic E-state index is 3.60. The van der Waals surface area contributed by atoms with Crippen molar-refractivity contribution < 1.29 is 0 Å². The molecule has 3 aliphatic rings. The minimum atomic E-state index is 0.701. The van der Waals surface area contributed by atoms with E-state index in [-0.39, 0.29) is 0 Å². The predicted molar refractivity (Wildman–Crippen MR) is 38.1 cm³/mol. The number of alkyl halides is 1. The standard InChI is InChI=1S/C7H9Br/c8-7-2-1-5-3-6(7)4-5/h1-2,5-7H,3-4H2/t5?,6?,7-/m0/s1. The third-order valence-corrected chi connectivity index (χ3v) is 3.28.